The van der Waals surface area contributed by atoms with E-state index in [1.807, 2.05) is 0 Å². The molecule has 1 rings (SSSR count). The summed E-state index contributed by atoms with van der Waals surface area (Å²) in [5, 5.41) is 25.6. The van der Waals surface area contributed by atoms with Gasteiger partial charge in [-0.2, -0.15) is 0 Å². The number of carboxylic acids is 1. The van der Waals surface area contributed by atoms with Crippen LogP contribution >= 0.6 is 0 Å². The van der Waals surface area contributed by atoms with Crippen LogP contribution in [0.15, 0.2) is 24.3 Å². The highest BCUT2D eigenvalue weighted by atomic mass is 16.4. The van der Waals surface area contributed by atoms with Gasteiger partial charge in [0, 0.05) is 19.3 Å². The Bertz CT molecular complexity index is 1090. The maximum Gasteiger partial charge on any atom is 0.326 e. The van der Waals surface area contributed by atoms with E-state index in [1.54, 1.807) is 12.1 Å². The molecule has 0 aromatic heterocycles. The van der Waals surface area contributed by atoms with Gasteiger partial charge in [-0.25, -0.2) is 4.79 Å². The molecule has 1 aromatic rings. The molecular formula is C24H35N7O9. The molecule has 0 radical (unpaired) electrons. The smallest absolute Gasteiger partial charge is 0.326 e. The maximum absolute atomic E-state index is 13.1. The summed E-state index contributed by atoms with van der Waals surface area (Å²) in [5.41, 5.74) is 21.9. The van der Waals surface area contributed by atoms with Gasteiger partial charge in [-0.1, -0.05) is 12.1 Å². The average Bonchev–Trinajstić information content (AvgIpc) is 2.86. The zero-order valence-electron chi connectivity index (χ0n) is 21.6. The number of rotatable bonds is 18. The number of aromatic hydroxyl groups is 1. The largest absolute Gasteiger partial charge is 0.508 e. The van der Waals surface area contributed by atoms with Gasteiger partial charge in [-0.3, -0.25) is 28.8 Å². The lowest BCUT2D eigenvalue weighted by molar-refractivity contribution is -0.142. The van der Waals surface area contributed by atoms with Gasteiger partial charge in [0.25, 0.3) is 0 Å². The van der Waals surface area contributed by atoms with Crippen LogP contribution in [0, 0.1) is 0 Å². The molecule has 0 aliphatic carbocycles. The van der Waals surface area contributed by atoms with Crippen LogP contribution in [-0.4, -0.2) is 75.8 Å². The number of benzene rings is 1. The van der Waals surface area contributed by atoms with Crippen molar-refractivity contribution < 1.29 is 43.8 Å². The van der Waals surface area contributed by atoms with Gasteiger partial charge in [0.15, 0.2) is 0 Å². The average molecular weight is 566 g/mol. The Morgan fingerprint density at radius 3 is 1.43 bits per heavy atom. The Balaban J connectivity index is 3.04. The third-order valence-electron chi connectivity index (χ3n) is 5.65. The Morgan fingerprint density at radius 1 is 0.650 bits per heavy atom. The van der Waals surface area contributed by atoms with Crippen molar-refractivity contribution in [3.05, 3.63) is 29.8 Å². The van der Waals surface area contributed by atoms with Crippen LogP contribution < -0.4 is 38.9 Å². The number of phenolic OH excluding ortho intramolecular Hbond substituents is 1. The van der Waals surface area contributed by atoms with Gasteiger partial charge in [0.05, 0.1) is 6.04 Å². The number of hydrogen-bond donors (Lipinski definition) is 9. The van der Waals surface area contributed by atoms with Gasteiger partial charge >= 0.3 is 5.97 Å². The highest BCUT2D eigenvalue weighted by Crippen LogP contribution is 2.11. The second-order valence-corrected chi connectivity index (χ2v) is 9.01. The fourth-order valence-electron chi connectivity index (χ4n) is 3.46. The number of carbonyl (C=O) groups is 7. The van der Waals surface area contributed by atoms with E-state index in [4.69, 9.17) is 22.9 Å². The first-order chi connectivity index (χ1) is 18.7. The molecule has 0 bridgehead atoms. The minimum absolute atomic E-state index is 0.0161. The van der Waals surface area contributed by atoms with E-state index in [-0.39, 0.29) is 50.7 Å². The predicted molar refractivity (Wildman–Crippen MR) is 138 cm³/mol. The van der Waals surface area contributed by atoms with Gasteiger partial charge in [0.2, 0.25) is 35.4 Å². The third-order valence-corrected chi connectivity index (χ3v) is 5.65. The number of primary amides is 3. The number of carboxylic acid groups (broad SMARTS) is 1. The molecule has 6 amide bonds. The SMILES string of the molecule is NC(=O)CCC(NC(=O)C(CCC(N)=O)NC(=O)C(CCC(N)=O)NC(=O)C(N)Cc1ccc(O)cc1)C(=O)O. The highest BCUT2D eigenvalue weighted by molar-refractivity contribution is 5.94. The fraction of sp³-hybridized carbons (Fsp3) is 0.458. The van der Waals surface area contributed by atoms with Crippen molar-refractivity contribution >= 4 is 41.4 Å². The van der Waals surface area contributed by atoms with Crippen LogP contribution in [0.5, 0.6) is 5.75 Å². The van der Waals surface area contributed by atoms with Gasteiger partial charge in [-0.05, 0) is 43.4 Å². The predicted octanol–water partition coefficient (Wildman–Crippen LogP) is -3.40. The fourth-order valence-corrected chi connectivity index (χ4v) is 3.46. The van der Waals surface area contributed by atoms with E-state index in [1.165, 1.54) is 12.1 Å². The molecule has 0 fully saturated rings. The molecule has 0 heterocycles. The van der Waals surface area contributed by atoms with E-state index >= 15 is 0 Å². The Labute approximate surface area is 229 Å². The van der Waals surface area contributed by atoms with E-state index in [0.29, 0.717) is 5.56 Å². The van der Waals surface area contributed by atoms with Crippen molar-refractivity contribution in [1.29, 1.82) is 0 Å². The van der Waals surface area contributed by atoms with Crippen LogP contribution in [0.1, 0.15) is 44.1 Å². The standard InChI is InChI=1S/C24H35N7O9/c25-14(11-12-1-3-13(32)4-2-12)21(36)29-15(5-8-18(26)33)22(37)30-16(6-9-19(27)34)23(38)31-17(24(39)40)7-10-20(28)35/h1-4,14-17,32H,5-11,25H2,(H2,26,33)(H2,27,34)(H2,28,35)(H,29,36)(H,30,37)(H,31,38)(H,39,40). The van der Waals surface area contributed by atoms with E-state index in [0.717, 1.165) is 0 Å². The Hall–Kier alpha value is -4.73. The molecule has 13 N–H and O–H groups in total. The zero-order chi connectivity index (χ0) is 30.4. The van der Waals surface area contributed by atoms with Crippen LogP contribution in [0.4, 0.5) is 0 Å². The van der Waals surface area contributed by atoms with Crippen LogP contribution in [0.25, 0.3) is 0 Å². The van der Waals surface area contributed by atoms with Crippen molar-refractivity contribution in [2.45, 2.75) is 69.1 Å². The molecule has 4 atom stereocenters. The molecule has 0 aliphatic heterocycles. The minimum Gasteiger partial charge on any atom is -0.508 e. The molecule has 16 heteroatoms. The quantitative estimate of drug-likeness (QED) is 0.0849. The van der Waals surface area contributed by atoms with Crippen molar-refractivity contribution in [2.24, 2.45) is 22.9 Å². The molecule has 0 aliphatic rings. The molecule has 40 heavy (non-hydrogen) atoms. The molecule has 0 saturated carbocycles. The number of carbonyl (C=O) groups excluding carboxylic acids is 6. The second kappa shape index (κ2) is 16.3. The first kappa shape index (κ1) is 33.3. The van der Waals surface area contributed by atoms with Gasteiger partial charge in [-0.15, -0.1) is 0 Å². The zero-order valence-corrected chi connectivity index (χ0v) is 21.6. The van der Waals surface area contributed by atoms with Gasteiger partial charge in [0.1, 0.15) is 23.9 Å². The lowest BCUT2D eigenvalue weighted by atomic mass is 10.0. The molecule has 16 nitrogen and oxygen atoms in total. The summed E-state index contributed by atoms with van der Waals surface area (Å²) in [7, 11) is 0. The minimum atomic E-state index is -1.53. The summed E-state index contributed by atoms with van der Waals surface area (Å²) < 4.78 is 0. The lowest BCUT2D eigenvalue weighted by Gasteiger charge is -2.25. The summed E-state index contributed by atoms with van der Waals surface area (Å²) in [5.74, 6) is -6.55. The summed E-state index contributed by atoms with van der Waals surface area (Å²) in [6, 6.07) is 0.381. The number of aliphatic carboxylic acids is 1. The highest BCUT2D eigenvalue weighted by Gasteiger charge is 2.31. The summed E-state index contributed by atoms with van der Waals surface area (Å²) >= 11 is 0. The van der Waals surface area contributed by atoms with Crippen LogP contribution in [0.3, 0.4) is 0 Å². The number of nitrogens with one attached hydrogen (secondary N) is 3. The molecule has 0 saturated heterocycles. The van der Waals surface area contributed by atoms with Crippen LogP contribution in [-0.2, 0) is 40.0 Å². The molecular weight excluding hydrogens is 530 g/mol. The Kier molecular flexibility index (Phi) is 13.6. The second-order valence-electron chi connectivity index (χ2n) is 9.01. The summed E-state index contributed by atoms with van der Waals surface area (Å²) in [4.78, 5) is 83.8. The third kappa shape index (κ3) is 12.7. The van der Waals surface area contributed by atoms with Crippen molar-refractivity contribution in [3.63, 3.8) is 0 Å². The first-order valence-corrected chi connectivity index (χ1v) is 12.2. The topological polar surface area (TPSA) is 300 Å². The number of amides is 6. The van der Waals surface area contributed by atoms with Gasteiger partial charge < -0.3 is 49.1 Å². The Morgan fingerprint density at radius 2 is 1.02 bits per heavy atom. The van der Waals surface area contributed by atoms with Crippen molar-refractivity contribution in [3.8, 4) is 5.75 Å². The number of phenols is 1. The van der Waals surface area contributed by atoms with E-state index < -0.39 is 65.6 Å². The summed E-state index contributed by atoms with van der Waals surface area (Å²) in [6.07, 6.45) is -1.91. The first-order valence-electron chi connectivity index (χ1n) is 12.2. The molecule has 0 spiro atoms. The van der Waals surface area contributed by atoms with E-state index in [2.05, 4.69) is 16.0 Å². The lowest BCUT2D eigenvalue weighted by Crippen LogP contribution is -2.57. The maximum atomic E-state index is 13.1. The number of hydrogen-bond acceptors (Lipinski definition) is 9. The monoisotopic (exact) mass is 565 g/mol. The summed E-state index contributed by atoms with van der Waals surface area (Å²) in [6.45, 7) is 0. The van der Waals surface area contributed by atoms with E-state index in [9.17, 15) is 43.8 Å². The molecule has 1 aromatic carbocycles. The molecule has 4 unspecified atom stereocenters. The van der Waals surface area contributed by atoms with Crippen molar-refractivity contribution in [2.75, 3.05) is 0 Å². The number of nitrogens with two attached hydrogens (primary N) is 4. The normalized spacial score (nSPS) is 13.6. The van der Waals surface area contributed by atoms with Crippen molar-refractivity contribution in [1.82, 2.24) is 16.0 Å². The van der Waals surface area contributed by atoms with Crippen LogP contribution in [0.2, 0.25) is 0 Å². The molecule has 220 valence electrons.